The van der Waals surface area contributed by atoms with E-state index in [-0.39, 0.29) is 5.91 Å². The molecule has 2 N–H and O–H groups in total. The Balaban J connectivity index is 1.35. The zero-order chi connectivity index (χ0) is 21.1. The summed E-state index contributed by atoms with van der Waals surface area (Å²) in [5.41, 5.74) is 3.11. The van der Waals surface area contributed by atoms with E-state index in [0.29, 0.717) is 34.7 Å². The Kier molecular flexibility index (Phi) is 6.16. The van der Waals surface area contributed by atoms with Crippen LogP contribution in [0.4, 0.5) is 5.69 Å². The van der Waals surface area contributed by atoms with Gasteiger partial charge in [0.05, 0.1) is 31.5 Å². The Morgan fingerprint density at radius 2 is 1.90 bits per heavy atom. The van der Waals surface area contributed by atoms with Gasteiger partial charge in [-0.15, -0.1) is 0 Å². The number of carbonyl (C=O) groups is 1. The summed E-state index contributed by atoms with van der Waals surface area (Å²) in [6.07, 6.45) is 4.21. The third-order valence-corrected chi connectivity index (χ3v) is 6.06. The van der Waals surface area contributed by atoms with Gasteiger partial charge < -0.3 is 19.8 Å². The molecule has 1 amide bonds. The van der Waals surface area contributed by atoms with Crippen molar-refractivity contribution in [2.45, 2.75) is 18.8 Å². The summed E-state index contributed by atoms with van der Waals surface area (Å²) in [6, 6.07) is 11.7. The Bertz CT molecular complexity index is 1040. The predicted octanol–water partition coefficient (Wildman–Crippen LogP) is 4.66. The molecule has 0 atom stereocenters. The molecule has 4 rings (SSSR count). The van der Waals surface area contributed by atoms with Crippen LogP contribution in [0.3, 0.4) is 0 Å². The van der Waals surface area contributed by atoms with Crippen LogP contribution in [0.15, 0.2) is 42.6 Å². The van der Waals surface area contributed by atoms with Gasteiger partial charge in [-0.3, -0.25) is 9.69 Å². The van der Waals surface area contributed by atoms with E-state index in [0.717, 1.165) is 25.9 Å². The number of nitrogens with one attached hydrogen (secondary N) is 2. The van der Waals surface area contributed by atoms with Gasteiger partial charge in [0.2, 0.25) is 5.91 Å². The first-order valence-electron chi connectivity index (χ1n) is 10.1. The summed E-state index contributed by atoms with van der Waals surface area (Å²) in [7, 11) is 3.09. The molecule has 1 saturated heterocycles. The number of carbonyl (C=O) groups excluding carboxylic acids is 1. The monoisotopic (exact) mass is 427 g/mol. The number of piperidine rings is 1. The molecule has 0 radical (unpaired) electrons. The number of rotatable bonds is 6. The number of halogens is 1. The summed E-state index contributed by atoms with van der Waals surface area (Å²) < 4.78 is 10.6. The number of likely N-dealkylation sites (tertiary alicyclic amines) is 1. The number of aromatic amines is 1. The fraction of sp³-hybridized carbons (Fsp3) is 0.348. The molecule has 0 unspecified atom stereocenters. The first-order valence-corrected chi connectivity index (χ1v) is 10.5. The zero-order valence-corrected chi connectivity index (χ0v) is 18.0. The molecule has 2 heterocycles. The SMILES string of the molecule is COc1cc(OC)c(NC(=O)CN2CCC(c3c[nH]c4ccccc34)CC2)cc1Cl. The Labute approximate surface area is 181 Å². The number of aromatic nitrogens is 1. The highest BCUT2D eigenvalue weighted by Gasteiger charge is 2.24. The van der Waals surface area contributed by atoms with Gasteiger partial charge in [-0.2, -0.15) is 0 Å². The fourth-order valence-corrected chi connectivity index (χ4v) is 4.43. The van der Waals surface area contributed by atoms with E-state index in [1.54, 1.807) is 26.4 Å². The number of hydrogen-bond acceptors (Lipinski definition) is 4. The molecule has 0 spiro atoms. The summed E-state index contributed by atoms with van der Waals surface area (Å²) in [5.74, 6) is 1.45. The maximum Gasteiger partial charge on any atom is 0.238 e. The number of ether oxygens (including phenoxy) is 2. The molecule has 2 aromatic carbocycles. The second-order valence-electron chi connectivity index (χ2n) is 7.58. The highest BCUT2D eigenvalue weighted by Crippen LogP contribution is 2.36. The van der Waals surface area contributed by atoms with Gasteiger partial charge in [-0.25, -0.2) is 0 Å². The average Bonchev–Trinajstić information content (AvgIpc) is 3.19. The van der Waals surface area contributed by atoms with Gasteiger partial charge in [-0.1, -0.05) is 29.8 Å². The first kappa shape index (κ1) is 20.6. The molecule has 6 nitrogen and oxygen atoms in total. The van der Waals surface area contributed by atoms with Crippen LogP contribution in [0.1, 0.15) is 24.3 Å². The normalized spacial score (nSPS) is 15.3. The summed E-state index contributed by atoms with van der Waals surface area (Å²) >= 11 is 6.20. The number of para-hydroxylation sites is 1. The smallest absolute Gasteiger partial charge is 0.238 e. The molecule has 1 aliphatic rings. The van der Waals surface area contributed by atoms with E-state index in [9.17, 15) is 4.79 Å². The van der Waals surface area contributed by atoms with Gasteiger partial charge in [0, 0.05) is 23.2 Å². The lowest BCUT2D eigenvalue weighted by molar-refractivity contribution is -0.117. The molecule has 1 fully saturated rings. The number of H-pyrrole nitrogens is 1. The number of hydrogen-bond donors (Lipinski definition) is 2. The van der Waals surface area contributed by atoms with Gasteiger partial charge >= 0.3 is 0 Å². The highest BCUT2D eigenvalue weighted by atomic mass is 35.5. The second kappa shape index (κ2) is 8.98. The van der Waals surface area contributed by atoms with Gasteiger partial charge in [0.25, 0.3) is 0 Å². The molecule has 7 heteroatoms. The van der Waals surface area contributed by atoms with Crippen molar-refractivity contribution in [1.82, 2.24) is 9.88 Å². The third-order valence-electron chi connectivity index (χ3n) is 5.76. The number of anilines is 1. The summed E-state index contributed by atoms with van der Waals surface area (Å²) in [5, 5.41) is 4.64. The van der Waals surface area contributed by atoms with Crippen LogP contribution in [0.5, 0.6) is 11.5 Å². The first-order chi connectivity index (χ1) is 14.6. The molecule has 158 valence electrons. The van der Waals surface area contributed by atoms with Crippen LogP contribution in [-0.4, -0.2) is 49.6 Å². The van der Waals surface area contributed by atoms with Crippen LogP contribution in [-0.2, 0) is 4.79 Å². The van der Waals surface area contributed by atoms with Crippen molar-refractivity contribution in [3.8, 4) is 11.5 Å². The molecule has 3 aromatic rings. The van der Waals surface area contributed by atoms with E-state index in [1.807, 2.05) is 0 Å². The predicted molar refractivity (Wildman–Crippen MR) is 120 cm³/mol. The number of benzene rings is 2. The van der Waals surface area contributed by atoms with Crippen LogP contribution in [0.25, 0.3) is 10.9 Å². The number of fused-ring (bicyclic) bond motifs is 1. The molecule has 30 heavy (non-hydrogen) atoms. The standard InChI is InChI=1S/C23H26ClN3O3/c1-29-21-12-22(30-2)20(11-18(21)24)26-23(28)14-27-9-7-15(8-10-27)17-13-25-19-6-4-3-5-16(17)19/h3-6,11-13,15,25H,7-10,14H2,1-2H3,(H,26,28). The summed E-state index contributed by atoms with van der Waals surface area (Å²) in [6.45, 7) is 2.11. The van der Waals surface area contributed by atoms with Crippen molar-refractivity contribution in [3.05, 3.63) is 53.2 Å². The van der Waals surface area contributed by atoms with E-state index < -0.39 is 0 Å². The minimum atomic E-state index is -0.0833. The Morgan fingerprint density at radius 1 is 1.17 bits per heavy atom. The minimum absolute atomic E-state index is 0.0833. The average molecular weight is 428 g/mol. The lowest BCUT2D eigenvalue weighted by atomic mass is 9.89. The number of amides is 1. The quantitative estimate of drug-likeness (QED) is 0.600. The van der Waals surface area contributed by atoms with E-state index in [1.165, 1.54) is 16.5 Å². The Hall–Kier alpha value is -2.70. The third kappa shape index (κ3) is 4.25. The Morgan fingerprint density at radius 3 is 2.63 bits per heavy atom. The van der Waals surface area contributed by atoms with Crippen LogP contribution >= 0.6 is 11.6 Å². The van der Waals surface area contributed by atoms with Gasteiger partial charge in [-0.05, 0) is 49.5 Å². The van der Waals surface area contributed by atoms with Crippen molar-refractivity contribution in [3.63, 3.8) is 0 Å². The molecule has 0 aliphatic carbocycles. The van der Waals surface area contributed by atoms with Crippen molar-refractivity contribution in [2.75, 3.05) is 39.2 Å². The highest BCUT2D eigenvalue weighted by molar-refractivity contribution is 6.32. The van der Waals surface area contributed by atoms with Crippen LogP contribution < -0.4 is 14.8 Å². The topological polar surface area (TPSA) is 66.6 Å². The molecule has 1 aromatic heterocycles. The molecular weight excluding hydrogens is 402 g/mol. The van der Waals surface area contributed by atoms with Crippen molar-refractivity contribution < 1.29 is 14.3 Å². The van der Waals surface area contributed by atoms with E-state index in [4.69, 9.17) is 21.1 Å². The van der Waals surface area contributed by atoms with Crippen molar-refractivity contribution >= 4 is 34.1 Å². The van der Waals surface area contributed by atoms with E-state index >= 15 is 0 Å². The maximum atomic E-state index is 12.6. The maximum absolute atomic E-state index is 12.6. The molecule has 0 saturated carbocycles. The number of nitrogens with zero attached hydrogens (tertiary/aromatic N) is 1. The second-order valence-corrected chi connectivity index (χ2v) is 7.98. The van der Waals surface area contributed by atoms with Crippen LogP contribution in [0, 0.1) is 0 Å². The van der Waals surface area contributed by atoms with Gasteiger partial charge in [0.15, 0.2) is 0 Å². The van der Waals surface area contributed by atoms with E-state index in [2.05, 4.69) is 45.7 Å². The molecule has 1 aliphatic heterocycles. The van der Waals surface area contributed by atoms with Crippen molar-refractivity contribution in [1.29, 1.82) is 0 Å². The molecular formula is C23H26ClN3O3. The van der Waals surface area contributed by atoms with Crippen LogP contribution in [0.2, 0.25) is 5.02 Å². The minimum Gasteiger partial charge on any atom is -0.495 e. The molecule has 0 bridgehead atoms. The fourth-order valence-electron chi connectivity index (χ4n) is 4.18. The lowest BCUT2D eigenvalue weighted by Gasteiger charge is -2.31. The zero-order valence-electron chi connectivity index (χ0n) is 17.2. The number of methoxy groups -OCH3 is 2. The lowest BCUT2D eigenvalue weighted by Crippen LogP contribution is -2.38. The largest absolute Gasteiger partial charge is 0.495 e. The van der Waals surface area contributed by atoms with Gasteiger partial charge in [0.1, 0.15) is 11.5 Å². The summed E-state index contributed by atoms with van der Waals surface area (Å²) in [4.78, 5) is 18.2. The van der Waals surface area contributed by atoms with Crippen molar-refractivity contribution in [2.24, 2.45) is 0 Å².